The summed E-state index contributed by atoms with van der Waals surface area (Å²) in [6.45, 7) is 1.75. The number of hydrogen-bond donors (Lipinski definition) is 2. The molecule has 1 atom stereocenters. The fourth-order valence-electron chi connectivity index (χ4n) is 3.22. The van der Waals surface area contributed by atoms with Gasteiger partial charge in [0.15, 0.2) is 11.5 Å². The summed E-state index contributed by atoms with van der Waals surface area (Å²) in [7, 11) is 4.69. The zero-order valence-electron chi connectivity index (χ0n) is 16.3. The predicted octanol–water partition coefficient (Wildman–Crippen LogP) is 3.31. The van der Waals surface area contributed by atoms with Gasteiger partial charge in [0.25, 0.3) is 5.91 Å². The van der Waals surface area contributed by atoms with Crippen LogP contribution in [0.1, 0.15) is 18.5 Å². The number of rotatable bonds is 5. The van der Waals surface area contributed by atoms with E-state index < -0.39 is 6.04 Å². The molecule has 7 nitrogen and oxygen atoms in total. The Bertz CT molecular complexity index is 925. The first-order valence-electron chi connectivity index (χ1n) is 8.80. The van der Waals surface area contributed by atoms with Crippen LogP contribution in [0.15, 0.2) is 59.8 Å². The van der Waals surface area contributed by atoms with E-state index in [1.165, 1.54) is 12.0 Å². The van der Waals surface area contributed by atoms with E-state index in [0.29, 0.717) is 34.0 Å². The summed E-state index contributed by atoms with van der Waals surface area (Å²) in [4.78, 5) is 27.0. The number of ether oxygens (including phenoxy) is 2. The molecule has 0 radical (unpaired) electrons. The number of urea groups is 1. The van der Waals surface area contributed by atoms with Crippen molar-refractivity contribution in [2.75, 3.05) is 26.6 Å². The van der Waals surface area contributed by atoms with Crippen LogP contribution in [0, 0.1) is 0 Å². The number of benzene rings is 2. The van der Waals surface area contributed by atoms with Gasteiger partial charge in [-0.3, -0.25) is 4.79 Å². The molecular formula is C21H23N3O4. The molecule has 3 amide bonds. The average Bonchev–Trinajstić information content (AvgIpc) is 2.71. The largest absolute Gasteiger partial charge is 0.493 e. The van der Waals surface area contributed by atoms with Gasteiger partial charge < -0.3 is 25.0 Å². The molecule has 3 rings (SSSR count). The van der Waals surface area contributed by atoms with E-state index in [4.69, 9.17) is 9.47 Å². The lowest BCUT2D eigenvalue weighted by atomic mass is 9.93. The summed E-state index contributed by atoms with van der Waals surface area (Å²) in [6, 6.07) is 13.5. The van der Waals surface area contributed by atoms with Crippen LogP contribution < -0.4 is 20.1 Å². The minimum atomic E-state index is -0.683. The van der Waals surface area contributed by atoms with Crippen molar-refractivity contribution in [1.82, 2.24) is 10.2 Å². The first-order valence-corrected chi connectivity index (χ1v) is 8.80. The number of anilines is 1. The Kier molecular flexibility index (Phi) is 5.54. The first kappa shape index (κ1) is 19.3. The summed E-state index contributed by atoms with van der Waals surface area (Å²) >= 11 is 0. The molecule has 0 saturated heterocycles. The third kappa shape index (κ3) is 3.51. The van der Waals surface area contributed by atoms with Crippen molar-refractivity contribution in [2.45, 2.75) is 13.0 Å². The Balaban J connectivity index is 2.08. The first-order chi connectivity index (χ1) is 13.5. The van der Waals surface area contributed by atoms with Crippen LogP contribution in [0.3, 0.4) is 0 Å². The van der Waals surface area contributed by atoms with Gasteiger partial charge >= 0.3 is 6.03 Å². The molecule has 146 valence electrons. The molecule has 2 aromatic rings. The van der Waals surface area contributed by atoms with Crippen LogP contribution in [0.4, 0.5) is 10.5 Å². The number of carbonyl (C=O) groups is 2. The van der Waals surface area contributed by atoms with Gasteiger partial charge in [-0.05, 0) is 25.1 Å². The molecule has 0 spiro atoms. The molecule has 0 aliphatic carbocycles. The predicted molar refractivity (Wildman–Crippen MR) is 106 cm³/mol. The van der Waals surface area contributed by atoms with E-state index in [0.717, 1.165) is 0 Å². The summed E-state index contributed by atoms with van der Waals surface area (Å²) in [5, 5.41) is 5.78. The van der Waals surface area contributed by atoms with E-state index in [-0.39, 0.29) is 11.9 Å². The second-order valence-electron chi connectivity index (χ2n) is 6.34. The molecule has 2 aromatic carbocycles. The Morgan fingerprint density at radius 1 is 1.07 bits per heavy atom. The van der Waals surface area contributed by atoms with E-state index in [2.05, 4.69) is 10.6 Å². The van der Waals surface area contributed by atoms with Crippen molar-refractivity contribution < 1.29 is 19.1 Å². The maximum atomic E-state index is 13.1. The number of hydrogen-bond acceptors (Lipinski definition) is 4. The molecule has 7 heteroatoms. The highest BCUT2D eigenvalue weighted by Gasteiger charge is 2.36. The van der Waals surface area contributed by atoms with Crippen molar-refractivity contribution >= 4 is 17.6 Å². The molecule has 1 aliphatic heterocycles. The van der Waals surface area contributed by atoms with Gasteiger partial charge in [0, 0.05) is 24.0 Å². The van der Waals surface area contributed by atoms with Crippen molar-refractivity contribution in [3.8, 4) is 11.5 Å². The Hall–Kier alpha value is -3.48. The SMILES string of the molecule is COc1cccc(C2NC(=O)N(C)C(C)=C2C(=O)Nc2ccccc2)c1OC. The molecule has 0 bridgehead atoms. The van der Waals surface area contributed by atoms with Gasteiger partial charge in [0.05, 0.1) is 25.8 Å². The zero-order chi connectivity index (χ0) is 20.3. The Morgan fingerprint density at radius 3 is 2.43 bits per heavy atom. The van der Waals surface area contributed by atoms with Crippen LogP contribution in [0.5, 0.6) is 11.5 Å². The zero-order valence-corrected chi connectivity index (χ0v) is 16.3. The second-order valence-corrected chi connectivity index (χ2v) is 6.34. The minimum Gasteiger partial charge on any atom is -0.493 e. The number of carbonyl (C=O) groups excluding carboxylic acids is 2. The fourth-order valence-corrected chi connectivity index (χ4v) is 3.22. The molecule has 28 heavy (non-hydrogen) atoms. The summed E-state index contributed by atoms with van der Waals surface area (Å²) in [6.07, 6.45) is 0. The highest BCUT2D eigenvalue weighted by Crippen LogP contribution is 2.40. The van der Waals surface area contributed by atoms with Crippen molar-refractivity contribution in [2.24, 2.45) is 0 Å². The van der Waals surface area contributed by atoms with E-state index in [1.807, 2.05) is 18.2 Å². The number of nitrogens with one attached hydrogen (secondary N) is 2. The van der Waals surface area contributed by atoms with Crippen LogP contribution in [0.2, 0.25) is 0 Å². The van der Waals surface area contributed by atoms with E-state index in [9.17, 15) is 9.59 Å². The smallest absolute Gasteiger partial charge is 0.322 e. The Morgan fingerprint density at radius 2 is 1.79 bits per heavy atom. The lowest BCUT2D eigenvalue weighted by Crippen LogP contribution is -2.46. The maximum absolute atomic E-state index is 13.1. The quantitative estimate of drug-likeness (QED) is 0.833. The lowest BCUT2D eigenvalue weighted by molar-refractivity contribution is -0.113. The van der Waals surface area contributed by atoms with Crippen LogP contribution in [-0.2, 0) is 4.79 Å². The van der Waals surface area contributed by atoms with Crippen LogP contribution >= 0.6 is 0 Å². The molecule has 0 saturated carbocycles. The summed E-state index contributed by atoms with van der Waals surface area (Å²) in [5.41, 5.74) is 2.30. The van der Waals surface area contributed by atoms with Gasteiger partial charge in [-0.1, -0.05) is 30.3 Å². The second kappa shape index (κ2) is 8.04. The van der Waals surface area contributed by atoms with E-state index in [1.54, 1.807) is 51.4 Å². The molecule has 0 fully saturated rings. The molecule has 1 aliphatic rings. The standard InChI is InChI=1S/C21H23N3O4/c1-13-17(20(25)22-14-9-6-5-7-10-14)18(23-21(26)24(13)2)15-11-8-12-16(27-3)19(15)28-4/h5-12,18H,1-4H3,(H,22,25)(H,23,26). The fraction of sp³-hybridized carbons (Fsp3) is 0.238. The Labute approximate surface area is 163 Å². The number of methoxy groups -OCH3 is 2. The molecule has 0 aromatic heterocycles. The minimum absolute atomic E-state index is 0.301. The monoisotopic (exact) mass is 381 g/mol. The van der Waals surface area contributed by atoms with Crippen LogP contribution in [0.25, 0.3) is 0 Å². The topological polar surface area (TPSA) is 79.9 Å². The average molecular weight is 381 g/mol. The third-order valence-corrected chi connectivity index (χ3v) is 4.77. The van der Waals surface area contributed by atoms with Crippen molar-refractivity contribution in [1.29, 1.82) is 0 Å². The molecular weight excluding hydrogens is 358 g/mol. The molecule has 2 N–H and O–H groups in total. The highest BCUT2D eigenvalue weighted by molar-refractivity contribution is 6.06. The van der Waals surface area contributed by atoms with Gasteiger partial charge in [-0.2, -0.15) is 0 Å². The number of nitrogens with zero attached hydrogens (tertiary/aromatic N) is 1. The van der Waals surface area contributed by atoms with Gasteiger partial charge in [0.1, 0.15) is 0 Å². The van der Waals surface area contributed by atoms with Crippen molar-refractivity contribution in [3.63, 3.8) is 0 Å². The summed E-state index contributed by atoms with van der Waals surface area (Å²) < 4.78 is 10.9. The third-order valence-electron chi connectivity index (χ3n) is 4.77. The number of allylic oxidation sites excluding steroid dienone is 1. The van der Waals surface area contributed by atoms with Gasteiger partial charge in [-0.15, -0.1) is 0 Å². The molecule has 1 unspecified atom stereocenters. The van der Waals surface area contributed by atoms with Gasteiger partial charge in [0.2, 0.25) is 0 Å². The van der Waals surface area contributed by atoms with Crippen molar-refractivity contribution in [3.05, 3.63) is 65.4 Å². The molecule has 1 heterocycles. The lowest BCUT2D eigenvalue weighted by Gasteiger charge is -2.34. The van der Waals surface area contributed by atoms with Crippen LogP contribution in [-0.4, -0.2) is 38.1 Å². The number of para-hydroxylation sites is 2. The highest BCUT2D eigenvalue weighted by atomic mass is 16.5. The maximum Gasteiger partial charge on any atom is 0.322 e. The number of amides is 3. The van der Waals surface area contributed by atoms with Gasteiger partial charge in [-0.25, -0.2) is 4.79 Å². The normalized spacial score (nSPS) is 16.5. The van der Waals surface area contributed by atoms with E-state index >= 15 is 0 Å². The summed E-state index contributed by atoms with van der Waals surface area (Å²) in [5.74, 6) is 0.691.